The van der Waals surface area contributed by atoms with Crippen molar-refractivity contribution in [3.05, 3.63) is 29.8 Å². The summed E-state index contributed by atoms with van der Waals surface area (Å²) in [5.74, 6) is 0.134. The number of hydrogen-bond acceptors (Lipinski definition) is 4. The molecule has 28 heavy (non-hydrogen) atoms. The Morgan fingerprint density at radius 2 is 1.71 bits per heavy atom. The number of carbonyl (C=O) groups excluding carboxylic acids is 2. The van der Waals surface area contributed by atoms with Gasteiger partial charge in [-0.15, -0.1) is 0 Å². The number of amides is 2. The number of carbonyl (C=O) groups is 2. The standard InChI is InChI=1S/C22H33N3O3/c1-16(26)24(5)18-10-14-25(15-11-18)19-8-6-17(7-9-19)22(12-13-22)23-20(27)28-21(2,3)4/h6-9,18H,10-15H2,1-5H3,(H,23,27). The van der Waals surface area contributed by atoms with Gasteiger partial charge in [0.15, 0.2) is 0 Å². The molecule has 2 aliphatic rings. The highest BCUT2D eigenvalue weighted by atomic mass is 16.6. The second-order valence-corrected chi connectivity index (χ2v) is 9.10. The van der Waals surface area contributed by atoms with E-state index in [0.717, 1.165) is 44.3 Å². The molecule has 0 aromatic heterocycles. The molecular weight excluding hydrogens is 354 g/mol. The molecule has 0 unspecified atom stereocenters. The van der Waals surface area contributed by atoms with E-state index in [-0.39, 0.29) is 17.5 Å². The lowest BCUT2D eigenvalue weighted by molar-refractivity contribution is -0.129. The fraction of sp³-hybridized carbons (Fsp3) is 0.636. The number of piperidine rings is 1. The van der Waals surface area contributed by atoms with Crippen molar-refractivity contribution in [3.63, 3.8) is 0 Å². The van der Waals surface area contributed by atoms with Crippen LogP contribution in [0.3, 0.4) is 0 Å². The summed E-state index contributed by atoms with van der Waals surface area (Å²) in [5.41, 5.74) is 1.55. The van der Waals surface area contributed by atoms with Crippen molar-refractivity contribution in [3.8, 4) is 0 Å². The minimum Gasteiger partial charge on any atom is -0.444 e. The van der Waals surface area contributed by atoms with E-state index in [9.17, 15) is 9.59 Å². The van der Waals surface area contributed by atoms with Crippen LogP contribution in [0.25, 0.3) is 0 Å². The summed E-state index contributed by atoms with van der Waals surface area (Å²) in [6.45, 7) is 9.14. The van der Waals surface area contributed by atoms with E-state index in [0.29, 0.717) is 6.04 Å². The van der Waals surface area contributed by atoms with E-state index in [1.165, 1.54) is 5.69 Å². The van der Waals surface area contributed by atoms with Gasteiger partial charge >= 0.3 is 6.09 Å². The molecule has 0 radical (unpaired) electrons. The van der Waals surface area contributed by atoms with Crippen LogP contribution in [0.5, 0.6) is 0 Å². The first-order chi connectivity index (χ1) is 13.1. The molecule has 0 spiro atoms. The van der Waals surface area contributed by atoms with Gasteiger partial charge in [0.05, 0.1) is 5.54 Å². The summed E-state index contributed by atoms with van der Waals surface area (Å²) in [6.07, 6.45) is 3.50. The highest BCUT2D eigenvalue weighted by Crippen LogP contribution is 2.46. The lowest BCUT2D eigenvalue weighted by Crippen LogP contribution is -2.45. The molecule has 2 fully saturated rings. The SMILES string of the molecule is CC(=O)N(C)C1CCN(c2ccc(C3(NC(=O)OC(C)(C)C)CC3)cc2)CC1. The van der Waals surface area contributed by atoms with Gasteiger partial charge in [-0.25, -0.2) is 4.79 Å². The van der Waals surface area contributed by atoms with Crippen LogP contribution >= 0.6 is 0 Å². The fourth-order valence-electron chi connectivity index (χ4n) is 3.87. The van der Waals surface area contributed by atoms with Crippen LogP contribution < -0.4 is 10.2 Å². The summed E-state index contributed by atoms with van der Waals surface area (Å²) >= 11 is 0. The molecule has 154 valence electrons. The summed E-state index contributed by atoms with van der Waals surface area (Å²) in [7, 11) is 1.89. The van der Waals surface area contributed by atoms with Gasteiger partial charge in [-0.05, 0) is 64.2 Å². The predicted octanol–water partition coefficient (Wildman–Crippen LogP) is 3.65. The van der Waals surface area contributed by atoms with Gasteiger partial charge in [0.2, 0.25) is 5.91 Å². The molecule has 1 aliphatic carbocycles. The third-order valence-electron chi connectivity index (χ3n) is 5.78. The third kappa shape index (κ3) is 4.78. The minimum absolute atomic E-state index is 0.134. The maximum atomic E-state index is 12.2. The average Bonchev–Trinajstić information content (AvgIpc) is 3.40. The van der Waals surface area contributed by atoms with Gasteiger partial charge in [-0.3, -0.25) is 4.79 Å². The lowest BCUT2D eigenvalue weighted by Gasteiger charge is -2.37. The van der Waals surface area contributed by atoms with Crippen molar-refractivity contribution in [2.24, 2.45) is 0 Å². The van der Waals surface area contributed by atoms with Crippen molar-refractivity contribution in [1.29, 1.82) is 0 Å². The summed E-state index contributed by atoms with van der Waals surface area (Å²) < 4.78 is 5.41. The van der Waals surface area contributed by atoms with E-state index >= 15 is 0 Å². The highest BCUT2D eigenvalue weighted by Gasteiger charge is 2.46. The van der Waals surface area contributed by atoms with Crippen molar-refractivity contribution in [1.82, 2.24) is 10.2 Å². The van der Waals surface area contributed by atoms with Crippen molar-refractivity contribution in [2.45, 2.75) is 70.6 Å². The Kier molecular flexibility index (Phi) is 5.60. The van der Waals surface area contributed by atoms with E-state index in [4.69, 9.17) is 4.74 Å². The number of benzene rings is 1. The minimum atomic E-state index is -0.493. The van der Waals surface area contributed by atoms with E-state index < -0.39 is 5.60 Å². The van der Waals surface area contributed by atoms with Crippen molar-refractivity contribution < 1.29 is 14.3 Å². The quantitative estimate of drug-likeness (QED) is 0.857. The number of alkyl carbamates (subject to hydrolysis) is 1. The fourth-order valence-corrected chi connectivity index (χ4v) is 3.87. The van der Waals surface area contributed by atoms with Crippen LogP contribution in [0.4, 0.5) is 10.5 Å². The molecule has 6 nitrogen and oxygen atoms in total. The van der Waals surface area contributed by atoms with E-state index in [1.807, 2.05) is 32.7 Å². The molecule has 6 heteroatoms. The Bertz CT molecular complexity index is 712. The first kappa shape index (κ1) is 20.5. The van der Waals surface area contributed by atoms with Gasteiger partial charge in [0, 0.05) is 38.8 Å². The van der Waals surface area contributed by atoms with Gasteiger partial charge < -0.3 is 19.9 Å². The van der Waals surface area contributed by atoms with Crippen LogP contribution in [0.1, 0.15) is 58.9 Å². The molecule has 3 rings (SSSR count). The smallest absolute Gasteiger partial charge is 0.408 e. The topological polar surface area (TPSA) is 61.9 Å². The average molecular weight is 388 g/mol. The molecule has 1 aromatic rings. The largest absolute Gasteiger partial charge is 0.444 e. The molecule has 1 aromatic carbocycles. The molecule has 1 saturated heterocycles. The molecule has 2 amide bonds. The molecule has 1 saturated carbocycles. The number of nitrogens with zero attached hydrogens (tertiary/aromatic N) is 2. The monoisotopic (exact) mass is 387 g/mol. The second kappa shape index (κ2) is 7.64. The Morgan fingerprint density at radius 1 is 1.14 bits per heavy atom. The van der Waals surface area contributed by atoms with Crippen LogP contribution in [0.15, 0.2) is 24.3 Å². The van der Waals surface area contributed by atoms with Gasteiger partial charge in [-0.1, -0.05) is 12.1 Å². The summed E-state index contributed by atoms with van der Waals surface area (Å²) in [5, 5.41) is 3.06. The Hall–Kier alpha value is -2.24. The number of hydrogen-bond donors (Lipinski definition) is 1. The Labute approximate surface area is 168 Å². The van der Waals surface area contributed by atoms with Crippen LogP contribution in [0, 0.1) is 0 Å². The number of rotatable bonds is 4. The number of ether oxygens (including phenoxy) is 1. The zero-order valence-electron chi connectivity index (χ0n) is 17.7. The predicted molar refractivity (Wildman–Crippen MR) is 110 cm³/mol. The number of nitrogens with one attached hydrogen (secondary N) is 1. The second-order valence-electron chi connectivity index (χ2n) is 9.10. The lowest BCUT2D eigenvalue weighted by atomic mass is 10.0. The zero-order valence-corrected chi connectivity index (χ0v) is 17.7. The first-order valence-electron chi connectivity index (χ1n) is 10.2. The van der Waals surface area contributed by atoms with E-state index in [1.54, 1.807) is 6.92 Å². The maximum Gasteiger partial charge on any atom is 0.408 e. The van der Waals surface area contributed by atoms with E-state index in [2.05, 4.69) is 34.5 Å². The summed E-state index contributed by atoms with van der Waals surface area (Å²) in [4.78, 5) is 28.0. The van der Waals surface area contributed by atoms with Crippen LogP contribution in [0.2, 0.25) is 0 Å². The molecule has 0 bridgehead atoms. The van der Waals surface area contributed by atoms with Crippen LogP contribution in [-0.2, 0) is 15.1 Å². The summed E-state index contributed by atoms with van der Waals surface area (Å²) in [6, 6.07) is 8.85. The molecule has 1 heterocycles. The normalized spacial score (nSPS) is 19.1. The van der Waals surface area contributed by atoms with Crippen molar-refractivity contribution in [2.75, 3.05) is 25.0 Å². The first-order valence-corrected chi connectivity index (χ1v) is 10.2. The Morgan fingerprint density at radius 3 is 2.18 bits per heavy atom. The molecule has 1 aliphatic heterocycles. The molecule has 1 N–H and O–H groups in total. The van der Waals surface area contributed by atoms with Gasteiger partial charge in [-0.2, -0.15) is 0 Å². The molecule has 0 atom stereocenters. The van der Waals surface area contributed by atoms with Crippen LogP contribution in [-0.4, -0.2) is 48.7 Å². The Balaban J connectivity index is 1.58. The van der Waals surface area contributed by atoms with Crippen molar-refractivity contribution >= 4 is 17.7 Å². The highest BCUT2D eigenvalue weighted by molar-refractivity contribution is 5.73. The maximum absolute atomic E-state index is 12.2. The molecular formula is C22H33N3O3. The zero-order chi connectivity index (χ0) is 20.5. The van der Waals surface area contributed by atoms with Gasteiger partial charge in [0.1, 0.15) is 5.60 Å². The van der Waals surface area contributed by atoms with Gasteiger partial charge in [0.25, 0.3) is 0 Å². The number of anilines is 1. The third-order valence-corrected chi connectivity index (χ3v) is 5.78.